The molecule has 0 fully saturated rings. The molecule has 33 heteroatoms. The summed E-state index contributed by atoms with van der Waals surface area (Å²) in [6, 6.07) is -0.800. The minimum atomic E-state index is -2.19. The molecule has 0 bridgehead atoms. The summed E-state index contributed by atoms with van der Waals surface area (Å²) in [5, 5.41) is 148. The molecule has 88 heavy (non-hydrogen) atoms. The molecule has 0 aromatic carbocycles. The van der Waals surface area contributed by atoms with E-state index in [1.807, 2.05) is 27.7 Å². The number of carbonyl (C=O) groups is 10. The van der Waals surface area contributed by atoms with Gasteiger partial charge in [0.05, 0.1) is 24.0 Å². The Kier molecular flexibility index (Phi) is 53.2. The third-order valence-electron chi connectivity index (χ3n) is 12.5. The minimum Gasteiger partial charge on any atom is -0.481 e. The van der Waals surface area contributed by atoms with Crippen LogP contribution in [0.4, 0.5) is 0 Å². The van der Waals surface area contributed by atoms with Gasteiger partial charge in [0, 0.05) is 83.2 Å². The Balaban J connectivity index is -0.00000134. The number of ether oxygens (including phenoxy) is 2. The summed E-state index contributed by atoms with van der Waals surface area (Å²) in [4.78, 5) is 116. The van der Waals surface area contributed by atoms with E-state index in [9.17, 15) is 109 Å². The molecule has 0 aromatic heterocycles. The summed E-state index contributed by atoms with van der Waals surface area (Å²) < 4.78 is 10.4. The van der Waals surface area contributed by atoms with Crippen molar-refractivity contribution in [3.63, 3.8) is 0 Å². The van der Waals surface area contributed by atoms with Crippen LogP contribution in [0.1, 0.15) is 118 Å². The first kappa shape index (κ1) is 87.8. The molecule has 514 valence electrons. The number of aliphatic carboxylic acids is 2. The Bertz CT molecular complexity index is 1870. The van der Waals surface area contributed by atoms with Gasteiger partial charge >= 0.3 is 11.9 Å². The molecule has 0 aliphatic rings. The van der Waals surface area contributed by atoms with Crippen LogP contribution in [-0.4, -0.2) is 292 Å². The lowest BCUT2D eigenvalue weighted by molar-refractivity contribution is -0.154. The zero-order valence-electron chi connectivity index (χ0n) is 51.2. The molecule has 14 atom stereocenters. The highest BCUT2D eigenvalue weighted by atomic mass is 32.2. The summed E-state index contributed by atoms with van der Waals surface area (Å²) in [6.45, 7) is 11.5. The Hall–Kier alpha value is -4.40. The molecule has 19 N–H and O–H groups in total. The highest BCUT2D eigenvalue weighted by Crippen LogP contribution is 2.15. The van der Waals surface area contributed by atoms with E-state index in [0.29, 0.717) is 57.8 Å². The lowest BCUT2D eigenvalue weighted by Gasteiger charge is -2.25. The number of hydrogen-bond donors (Lipinski definition) is 19. The Labute approximate surface area is 521 Å². The van der Waals surface area contributed by atoms with Crippen molar-refractivity contribution >= 4 is 82.2 Å². The number of unbranched alkanes of at least 4 members (excludes halogenated alkanes) is 1. The van der Waals surface area contributed by atoms with Crippen molar-refractivity contribution in [3.05, 3.63) is 0 Å². The van der Waals surface area contributed by atoms with E-state index in [1.54, 1.807) is 6.92 Å². The second kappa shape index (κ2) is 53.3. The molecule has 2 unspecified atom stereocenters. The van der Waals surface area contributed by atoms with Crippen molar-refractivity contribution in [2.45, 2.75) is 197 Å². The minimum absolute atomic E-state index is 0.00368. The van der Waals surface area contributed by atoms with Crippen LogP contribution in [-0.2, 0) is 57.4 Å². The van der Waals surface area contributed by atoms with Gasteiger partial charge in [0.25, 0.3) is 17.7 Å². The number of nitrogens with one attached hydrogen (secondary N) is 5. The van der Waals surface area contributed by atoms with Gasteiger partial charge in [-0.25, -0.2) is 0 Å². The van der Waals surface area contributed by atoms with Crippen molar-refractivity contribution < 1.29 is 129 Å². The monoisotopic (exact) mass is 1310 g/mol. The van der Waals surface area contributed by atoms with E-state index in [4.69, 9.17) is 19.7 Å². The van der Waals surface area contributed by atoms with Crippen molar-refractivity contribution in [3.8, 4) is 0 Å². The second-order valence-electron chi connectivity index (χ2n) is 20.1. The van der Waals surface area contributed by atoms with Crippen LogP contribution < -0.4 is 26.6 Å². The van der Waals surface area contributed by atoms with Gasteiger partial charge in [-0.15, -0.1) is 11.8 Å². The first-order chi connectivity index (χ1) is 41.5. The van der Waals surface area contributed by atoms with Gasteiger partial charge in [-0.2, -0.15) is 11.8 Å². The highest BCUT2D eigenvalue weighted by molar-refractivity contribution is 8.00. The molecule has 4 amide bonds. The molecule has 0 saturated carbocycles. The fraction of sp³-hybridized carbons (Fsp3) is 0.818. The quantitative estimate of drug-likeness (QED) is 0.0254. The molecular weight excluding hydrogens is 1210 g/mol. The number of likely N-dealkylation sites (N-methyl/N-ethyl adjacent to an activating group) is 1. The van der Waals surface area contributed by atoms with E-state index in [2.05, 4.69) is 26.6 Å². The molecule has 31 nitrogen and oxygen atoms in total. The largest absolute Gasteiger partial charge is 0.481 e. The summed E-state index contributed by atoms with van der Waals surface area (Å²) in [6.07, 6.45) is -19.5. The Morgan fingerprint density at radius 3 is 1.22 bits per heavy atom. The number of aliphatic hydroxyl groups excluding tert-OH is 12. The number of rotatable bonds is 51. The number of carboxylic acid groups (broad SMARTS) is 2. The van der Waals surface area contributed by atoms with Crippen LogP contribution in [0.25, 0.3) is 0 Å². The first-order valence-electron chi connectivity index (χ1n) is 29.3. The molecule has 0 heterocycles. The zero-order chi connectivity index (χ0) is 67.9. The van der Waals surface area contributed by atoms with Gasteiger partial charge in [-0.3, -0.25) is 47.9 Å². The van der Waals surface area contributed by atoms with Crippen LogP contribution in [0.15, 0.2) is 0 Å². The van der Waals surface area contributed by atoms with E-state index in [1.165, 1.54) is 18.8 Å². The van der Waals surface area contributed by atoms with E-state index >= 15 is 0 Å². The number of carbonyl (C=O) groups excluding carboxylic acids is 8. The Morgan fingerprint density at radius 1 is 0.398 bits per heavy atom. The molecular formula is C55H101N5O26S2. The van der Waals surface area contributed by atoms with Crippen molar-refractivity contribution in [1.29, 1.82) is 0 Å². The highest BCUT2D eigenvalue weighted by Gasteiger charge is 2.39. The normalized spacial score (nSPS) is 16.0. The SMILES string of the molecule is CCC(CSCC(=O)CCCNC(=O)[C@@H](O)[C@H](O)[C@H](O)[C@@H](O)C(=O)CCCNC(=O)CSCC(NC)C(=O)O)C(=O)O.CCCCC(=O)[C@H](O)[C@@H](O)[C@@H](O)[C@H](O)C(=O)NCCC.CCCOCCCC(=O)[C@H](O)[C@@H](O)[C@@H](O)[C@H](O)C(=O)NCCOCCC. The Morgan fingerprint density at radius 2 is 0.795 bits per heavy atom. The molecule has 0 aliphatic heterocycles. The van der Waals surface area contributed by atoms with Gasteiger partial charge in [0.1, 0.15) is 66.8 Å². The van der Waals surface area contributed by atoms with Crippen LogP contribution in [0, 0.1) is 5.92 Å². The average Bonchev–Trinajstić information content (AvgIpc) is 3.72. The smallest absolute Gasteiger partial charge is 0.321 e. The van der Waals surface area contributed by atoms with Gasteiger partial charge in [-0.1, -0.05) is 41.0 Å². The predicted molar refractivity (Wildman–Crippen MR) is 320 cm³/mol. The van der Waals surface area contributed by atoms with E-state index in [0.717, 1.165) is 31.0 Å². The molecule has 0 radical (unpaired) electrons. The predicted octanol–water partition coefficient (Wildman–Crippen LogP) is -4.93. The number of ketones is 4. The maximum absolute atomic E-state index is 12.2. The van der Waals surface area contributed by atoms with Crippen molar-refractivity contribution in [2.75, 3.05) is 82.7 Å². The molecule has 0 aliphatic carbocycles. The van der Waals surface area contributed by atoms with Crippen LogP contribution in [0.5, 0.6) is 0 Å². The summed E-state index contributed by atoms with van der Waals surface area (Å²) in [5.41, 5.74) is 0. The van der Waals surface area contributed by atoms with Crippen LogP contribution in [0.2, 0.25) is 0 Å². The van der Waals surface area contributed by atoms with Crippen molar-refractivity contribution in [2.24, 2.45) is 5.92 Å². The fourth-order valence-electron chi connectivity index (χ4n) is 6.94. The third-order valence-corrected chi connectivity index (χ3v) is 14.7. The summed E-state index contributed by atoms with van der Waals surface area (Å²) >= 11 is 2.31. The molecule has 0 rings (SSSR count). The summed E-state index contributed by atoms with van der Waals surface area (Å²) in [5.74, 6) is -7.52. The lowest BCUT2D eigenvalue weighted by atomic mass is 9.97. The number of amides is 4. The van der Waals surface area contributed by atoms with Gasteiger partial charge in [-0.05, 0) is 58.4 Å². The fourth-order valence-corrected chi connectivity index (χ4v) is 9.04. The number of carboxylic acids is 2. The first-order valence-corrected chi connectivity index (χ1v) is 31.6. The van der Waals surface area contributed by atoms with Crippen LogP contribution in [0.3, 0.4) is 0 Å². The van der Waals surface area contributed by atoms with E-state index < -0.39 is 132 Å². The maximum Gasteiger partial charge on any atom is 0.321 e. The average molecular weight is 1310 g/mol. The standard InChI is InChI=1S/C25H43N3O12S2.C17H33NO8.C13H25NO6/c1-3-14(24(37)38)10-41-11-15(29)6-4-9-28-23(36)22(35)21(34)20(33)19(32)17(30)7-5-8-27-18(31)13-42-12-16(26-2)25(39)40;1-3-8-25-10-5-6-12(19)13(20)14(21)15(22)16(23)17(24)18-7-11-26-9-4-2;1-3-5-6-8(15)9(16)10(17)11(18)12(19)13(20)14-7-4-2/h14,16,19-22,26,32-35H,3-13H2,1-2H3,(H,27,31)(H,28,36)(H,37,38)(H,39,40);13-16,20-23H,3-11H2,1-2H3,(H,18,24);9-12,16-19H,3-7H2,1-2H3,(H,14,20)/t14?,16?,19-,20+,21+,22-;13-,14+,15+,16-;9-,10+,11+,12-/m000/s1. The second-order valence-corrected chi connectivity index (χ2v) is 22.1. The molecule has 0 spiro atoms. The van der Waals surface area contributed by atoms with Crippen molar-refractivity contribution in [1.82, 2.24) is 26.6 Å². The van der Waals surface area contributed by atoms with E-state index in [-0.39, 0.29) is 93.7 Å². The zero-order valence-corrected chi connectivity index (χ0v) is 52.9. The number of hydrogen-bond acceptors (Lipinski definition) is 27. The lowest BCUT2D eigenvalue weighted by Crippen LogP contribution is -2.52. The topological polar surface area (TPSA) is 533 Å². The number of Topliss-reactive ketones (excluding diaryl/α,β-unsaturated/α-hetero) is 4. The maximum atomic E-state index is 12.2. The van der Waals surface area contributed by atoms with Gasteiger partial charge in [0.2, 0.25) is 5.91 Å². The number of thioether (sulfide) groups is 2. The summed E-state index contributed by atoms with van der Waals surface area (Å²) in [7, 11) is 1.49. The molecule has 0 aromatic rings. The molecule has 0 saturated heterocycles. The van der Waals surface area contributed by atoms with Crippen LogP contribution >= 0.6 is 23.5 Å². The van der Waals surface area contributed by atoms with Gasteiger partial charge in [0.15, 0.2) is 35.7 Å². The third kappa shape index (κ3) is 39.7. The van der Waals surface area contributed by atoms with Gasteiger partial charge < -0.3 is 108 Å². The number of aliphatic hydroxyl groups is 12.